The Labute approximate surface area is 79.6 Å². The van der Waals surface area contributed by atoms with Gasteiger partial charge >= 0.3 is 0 Å². The Balaban J connectivity index is 2.40. The lowest BCUT2D eigenvalue weighted by atomic mass is 10.1. The van der Waals surface area contributed by atoms with Gasteiger partial charge in [0.15, 0.2) is 0 Å². The first-order valence-corrected chi connectivity index (χ1v) is 5.28. The molecule has 1 fully saturated rings. The standard InChI is InChI=1S/C7H15NO4S/c1-4-2-5(3-8-13(11)12)7(10)6(4)9/h4-10H,2-3H2,1H3,(H,11,12)/p-1. The first kappa shape index (κ1) is 11.1. The first-order valence-electron chi connectivity index (χ1n) is 4.21. The summed E-state index contributed by atoms with van der Waals surface area (Å²) in [6.07, 6.45) is -0.898. The van der Waals surface area contributed by atoms with E-state index >= 15 is 0 Å². The van der Waals surface area contributed by atoms with Gasteiger partial charge in [0.05, 0.1) is 12.2 Å². The van der Waals surface area contributed by atoms with Crippen LogP contribution in [-0.2, 0) is 11.3 Å². The average molecular weight is 208 g/mol. The maximum Gasteiger partial charge on any atom is 0.0842 e. The summed E-state index contributed by atoms with van der Waals surface area (Å²) in [7, 11) is 0. The van der Waals surface area contributed by atoms with E-state index in [1.807, 2.05) is 6.92 Å². The summed E-state index contributed by atoms with van der Waals surface area (Å²) in [4.78, 5) is 0. The van der Waals surface area contributed by atoms with Gasteiger partial charge in [0.25, 0.3) is 0 Å². The largest absolute Gasteiger partial charge is 0.760 e. The maximum atomic E-state index is 10.2. The molecule has 3 N–H and O–H groups in total. The molecule has 1 rings (SSSR count). The SMILES string of the molecule is CC1CC(CNS(=O)[O-])C(O)C1O. The van der Waals surface area contributed by atoms with Crippen molar-refractivity contribution in [1.82, 2.24) is 4.72 Å². The molecule has 0 heterocycles. The van der Waals surface area contributed by atoms with Gasteiger partial charge in [0.2, 0.25) is 0 Å². The highest BCUT2D eigenvalue weighted by Gasteiger charge is 2.38. The number of hydrogen-bond acceptors (Lipinski definition) is 4. The topological polar surface area (TPSA) is 92.6 Å². The van der Waals surface area contributed by atoms with Crippen molar-refractivity contribution in [2.24, 2.45) is 11.8 Å². The van der Waals surface area contributed by atoms with Crippen molar-refractivity contribution < 1.29 is 19.0 Å². The summed E-state index contributed by atoms with van der Waals surface area (Å²) in [5.74, 6) is -0.148. The van der Waals surface area contributed by atoms with Crippen LogP contribution in [0.25, 0.3) is 0 Å². The molecule has 0 spiro atoms. The highest BCUT2D eigenvalue weighted by Crippen LogP contribution is 2.30. The molecule has 0 aromatic carbocycles. The summed E-state index contributed by atoms with van der Waals surface area (Å²) in [6, 6.07) is 0. The minimum absolute atomic E-state index is 0.0295. The zero-order valence-corrected chi connectivity index (χ0v) is 8.16. The minimum Gasteiger partial charge on any atom is -0.760 e. The fourth-order valence-electron chi connectivity index (χ4n) is 1.75. The van der Waals surface area contributed by atoms with Crippen LogP contribution in [0.5, 0.6) is 0 Å². The molecule has 1 aliphatic rings. The zero-order chi connectivity index (χ0) is 10.0. The Kier molecular flexibility index (Phi) is 3.81. The molecule has 5 atom stereocenters. The third kappa shape index (κ3) is 2.72. The normalized spacial score (nSPS) is 42.2. The van der Waals surface area contributed by atoms with Gasteiger partial charge in [-0.25, -0.2) is 4.72 Å². The first-order chi connectivity index (χ1) is 6.02. The Morgan fingerprint density at radius 2 is 2.15 bits per heavy atom. The molecule has 0 bridgehead atoms. The quantitative estimate of drug-likeness (QED) is 0.505. The van der Waals surface area contributed by atoms with E-state index in [4.69, 9.17) is 0 Å². The van der Waals surface area contributed by atoms with Gasteiger partial charge in [-0.15, -0.1) is 0 Å². The molecule has 5 nitrogen and oxygen atoms in total. The lowest BCUT2D eigenvalue weighted by molar-refractivity contribution is 0.00775. The number of hydrogen-bond donors (Lipinski definition) is 3. The van der Waals surface area contributed by atoms with Gasteiger partial charge < -0.3 is 14.8 Å². The van der Waals surface area contributed by atoms with Crippen molar-refractivity contribution in [3.05, 3.63) is 0 Å². The molecule has 0 aromatic heterocycles. The van der Waals surface area contributed by atoms with Crippen molar-refractivity contribution in [3.63, 3.8) is 0 Å². The van der Waals surface area contributed by atoms with E-state index in [-0.39, 0.29) is 18.4 Å². The van der Waals surface area contributed by atoms with Crippen molar-refractivity contribution in [3.8, 4) is 0 Å². The van der Waals surface area contributed by atoms with Crippen LogP contribution in [0.1, 0.15) is 13.3 Å². The predicted octanol–water partition coefficient (Wildman–Crippen LogP) is -1.25. The summed E-state index contributed by atoms with van der Waals surface area (Å²) in [5.41, 5.74) is 0. The van der Waals surface area contributed by atoms with Crippen LogP contribution < -0.4 is 4.72 Å². The molecule has 13 heavy (non-hydrogen) atoms. The average Bonchev–Trinajstić information content (AvgIpc) is 2.29. The molecule has 0 radical (unpaired) electrons. The molecule has 0 aliphatic heterocycles. The van der Waals surface area contributed by atoms with Crippen molar-refractivity contribution >= 4 is 11.3 Å². The van der Waals surface area contributed by atoms with E-state index < -0.39 is 23.5 Å². The third-order valence-electron chi connectivity index (χ3n) is 2.55. The number of nitrogens with one attached hydrogen (secondary N) is 1. The summed E-state index contributed by atoms with van der Waals surface area (Å²) in [6.45, 7) is 2.03. The summed E-state index contributed by atoms with van der Waals surface area (Å²) >= 11 is -2.29. The highest BCUT2D eigenvalue weighted by atomic mass is 32.2. The Morgan fingerprint density at radius 1 is 1.54 bits per heavy atom. The molecule has 0 aromatic rings. The number of aliphatic hydroxyl groups excluding tert-OH is 2. The van der Waals surface area contributed by atoms with E-state index in [0.29, 0.717) is 6.42 Å². The molecule has 0 saturated heterocycles. The second kappa shape index (κ2) is 4.47. The van der Waals surface area contributed by atoms with Crippen molar-refractivity contribution in [2.75, 3.05) is 6.54 Å². The van der Waals surface area contributed by atoms with E-state index in [1.54, 1.807) is 0 Å². The molecule has 6 heteroatoms. The number of rotatable bonds is 3. The maximum absolute atomic E-state index is 10.2. The lowest BCUT2D eigenvalue weighted by Gasteiger charge is -2.17. The van der Waals surface area contributed by atoms with Crippen LogP contribution in [0.3, 0.4) is 0 Å². The van der Waals surface area contributed by atoms with Gasteiger partial charge in [-0.3, -0.25) is 4.21 Å². The van der Waals surface area contributed by atoms with Gasteiger partial charge in [-0.1, -0.05) is 6.92 Å². The van der Waals surface area contributed by atoms with Gasteiger partial charge in [0.1, 0.15) is 0 Å². The predicted molar refractivity (Wildman–Crippen MR) is 46.2 cm³/mol. The second-order valence-corrected chi connectivity index (χ2v) is 4.30. The Bertz CT molecular complexity index is 201. The van der Waals surface area contributed by atoms with Crippen molar-refractivity contribution in [2.45, 2.75) is 25.6 Å². The van der Waals surface area contributed by atoms with Gasteiger partial charge in [-0.05, 0) is 12.3 Å². The molecule has 0 amide bonds. The van der Waals surface area contributed by atoms with Crippen LogP contribution in [-0.4, -0.2) is 37.7 Å². The Hall–Kier alpha value is -0.0100. The smallest absolute Gasteiger partial charge is 0.0842 e. The van der Waals surface area contributed by atoms with Gasteiger partial charge in [-0.2, -0.15) is 0 Å². The van der Waals surface area contributed by atoms with Gasteiger partial charge in [0, 0.05) is 23.7 Å². The third-order valence-corrected chi connectivity index (χ3v) is 2.96. The van der Waals surface area contributed by atoms with E-state index in [1.165, 1.54) is 0 Å². The van der Waals surface area contributed by atoms with Crippen LogP contribution >= 0.6 is 0 Å². The molecule has 78 valence electrons. The molecular formula is C7H14NO4S-. The molecule has 1 saturated carbocycles. The lowest BCUT2D eigenvalue weighted by Crippen LogP contribution is -2.33. The van der Waals surface area contributed by atoms with Crippen LogP contribution in [0.2, 0.25) is 0 Å². The summed E-state index contributed by atoms with van der Waals surface area (Å²) in [5, 5.41) is 18.8. The minimum atomic E-state index is -2.29. The monoisotopic (exact) mass is 208 g/mol. The fraction of sp³-hybridized carbons (Fsp3) is 1.00. The van der Waals surface area contributed by atoms with E-state index in [9.17, 15) is 19.0 Å². The van der Waals surface area contributed by atoms with E-state index in [0.717, 1.165) is 0 Å². The molecular weight excluding hydrogens is 194 g/mol. The highest BCUT2D eigenvalue weighted by molar-refractivity contribution is 7.77. The Morgan fingerprint density at radius 3 is 2.54 bits per heavy atom. The summed E-state index contributed by atoms with van der Waals surface area (Å²) < 4.78 is 22.5. The zero-order valence-electron chi connectivity index (χ0n) is 7.34. The van der Waals surface area contributed by atoms with Crippen molar-refractivity contribution in [1.29, 1.82) is 0 Å². The van der Waals surface area contributed by atoms with E-state index in [2.05, 4.69) is 4.72 Å². The fourth-order valence-corrected chi connectivity index (χ4v) is 2.10. The van der Waals surface area contributed by atoms with Crippen LogP contribution in [0.4, 0.5) is 0 Å². The molecule has 5 unspecified atom stereocenters. The second-order valence-electron chi connectivity index (χ2n) is 3.54. The molecule has 1 aliphatic carbocycles. The van der Waals surface area contributed by atoms with Crippen LogP contribution in [0, 0.1) is 11.8 Å². The van der Waals surface area contributed by atoms with Crippen LogP contribution in [0.15, 0.2) is 0 Å². The number of aliphatic hydroxyl groups is 2.